The third-order valence-corrected chi connectivity index (χ3v) is 6.96. The van der Waals surface area contributed by atoms with Crippen LogP contribution in [0.5, 0.6) is 0 Å². The summed E-state index contributed by atoms with van der Waals surface area (Å²) in [5, 5.41) is 12.0. The number of halogens is 1. The van der Waals surface area contributed by atoms with Crippen LogP contribution in [-0.4, -0.2) is 28.7 Å². The molecule has 1 aromatic heterocycles. The van der Waals surface area contributed by atoms with Gasteiger partial charge in [0.25, 0.3) is 0 Å². The zero-order valence-electron chi connectivity index (χ0n) is 17.6. The van der Waals surface area contributed by atoms with Crippen LogP contribution in [0.3, 0.4) is 0 Å². The van der Waals surface area contributed by atoms with E-state index in [0.29, 0.717) is 19.4 Å². The van der Waals surface area contributed by atoms with E-state index in [1.807, 2.05) is 48.7 Å². The van der Waals surface area contributed by atoms with Gasteiger partial charge in [-0.05, 0) is 54.1 Å². The van der Waals surface area contributed by atoms with Gasteiger partial charge in [-0.25, -0.2) is 9.18 Å². The summed E-state index contributed by atoms with van der Waals surface area (Å²) in [6.07, 6.45) is 0.0732. The van der Waals surface area contributed by atoms with Gasteiger partial charge in [0.05, 0.1) is 12.1 Å². The smallest absolute Gasteiger partial charge is 0.411 e. The fourth-order valence-electron chi connectivity index (χ4n) is 4.23. The van der Waals surface area contributed by atoms with Crippen molar-refractivity contribution in [1.29, 1.82) is 0 Å². The van der Waals surface area contributed by atoms with Crippen molar-refractivity contribution >= 4 is 17.4 Å². The molecule has 2 aromatic carbocycles. The van der Waals surface area contributed by atoms with Crippen molar-refractivity contribution in [2.75, 3.05) is 6.54 Å². The van der Waals surface area contributed by atoms with Crippen molar-refractivity contribution < 1.29 is 19.0 Å². The number of nitrogens with zero attached hydrogens (tertiary/aromatic N) is 1. The molecule has 3 unspecified atom stereocenters. The van der Waals surface area contributed by atoms with Crippen LogP contribution >= 0.6 is 11.3 Å². The van der Waals surface area contributed by atoms with Crippen LogP contribution in [0.4, 0.5) is 9.18 Å². The first-order valence-corrected chi connectivity index (χ1v) is 11.3. The van der Waals surface area contributed by atoms with Gasteiger partial charge in [-0.15, -0.1) is 11.3 Å². The fourth-order valence-corrected chi connectivity index (χ4v) is 5.13. The van der Waals surface area contributed by atoms with E-state index in [9.17, 15) is 14.3 Å². The van der Waals surface area contributed by atoms with Crippen LogP contribution in [0.25, 0.3) is 11.1 Å². The Bertz CT molecular complexity index is 1020. The minimum Gasteiger partial charge on any atom is -0.437 e. The average Bonchev–Trinajstić information content (AvgIpc) is 3.29. The highest BCUT2D eigenvalue weighted by Gasteiger charge is 2.44. The molecular weight excluding hydrogens is 413 g/mol. The van der Waals surface area contributed by atoms with Crippen molar-refractivity contribution in [2.45, 2.75) is 44.4 Å². The van der Waals surface area contributed by atoms with Gasteiger partial charge in [-0.3, -0.25) is 0 Å². The van der Waals surface area contributed by atoms with E-state index in [0.717, 1.165) is 21.6 Å². The number of hydrogen-bond donors (Lipinski definition) is 1. The molecule has 162 valence electrons. The normalized spacial score (nSPS) is 20.9. The Labute approximate surface area is 185 Å². The first-order chi connectivity index (χ1) is 14.9. The Hall–Kier alpha value is -2.70. The minimum absolute atomic E-state index is 0.150. The lowest BCUT2D eigenvalue weighted by Crippen LogP contribution is -2.49. The van der Waals surface area contributed by atoms with Crippen LogP contribution in [0.2, 0.25) is 0 Å². The molecule has 4 nitrogen and oxygen atoms in total. The number of cyclic esters (lactones) is 1. The molecule has 1 aliphatic rings. The largest absolute Gasteiger partial charge is 0.437 e. The Morgan fingerprint density at radius 2 is 1.74 bits per heavy atom. The molecule has 0 spiro atoms. The van der Waals surface area contributed by atoms with E-state index in [-0.39, 0.29) is 18.0 Å². The summed E-state index contributed by atoms with van der Waals surface area (Å²) >= 11 is 1.55. The minimum atomic E-state index is -0.776. The fraction of sp³-hybridized carbons (Fsp3) is 0.320. The van der Waals surface area contributed by atoms with Gasteiger partial charge in [0.2, 0.25) is 0 Å². The van der Waals surface area contributed by atoms with Gasteiger partial charge < -0.3 is 14.7 Å². The van der Waals surface area contributed by atoms with Crippen LogP contribution in [0.1, 0.15) is 43.2 Å². The highest BCUT2D eigenvalue weighted by molar-refractivity contribution is 7.10. The summed E-state index contributed by atoms with van der Waals surface area (Å²) < 4.78 is 19.2. The van der Waals surface area contributed by atoms with Gasteiger partial charge in [-0.1, -0.05) is 42.5 Å². The van der Waals surface area contributed by atoms with E-state index in [4.69, 9.17) is 4.74 Å². The molecule has 1 fully saturated rings. The van der Waals surface area contributed by atoms with Crippen molar-refractivity contribution in [3.8, 4) is 11.1 Å². The number of carbonyl (C=O) groups excluding carboxylic acids is 1. The quantitative estimate of drug-likeness (QED) is 0.503. The number of amides is 1. The number of thiophene rings is 1. The Kier molecular flexibility index (Phi) is 6.12. The van der Waals surface area contributed by atoms with Gasteiger partial charge in [-0.2, -0.15) is 0 Å². The number of benzene rings is 2. The van der Waals surface area contributed by atoms with Gasteiger partial charge in [0.1, 0.15) is 5.82 Å². The predicted molar refractivity (Wildman–Crippen MR) is 120 cm³/mol. The van der Waals surface area contributed by atoms with Crippen molar-refractivity contribution in [3.63, 3.8) is 0 Å². The molecule has 1 N–H and O–H groups in total. The monoisotopic (exact) mass is 439 g/mol. The molecule has 4 rings (SSSR count). The molecule has 31 heavy (non-hydrogen) atoms. The number of aliphatic hydroxyl groups excluding tert-OH is 1. The molecule has 2 heterocycles. The molecule has 0 aliphatic carbocycles. The second-order valence-electron chi connectivity index (χ2n) is 8.14. The number of rotatable bonds is 6. The summed E-state index contributed by atoms with van der Waals surface area (Å²) in [6, 6.07) is 18.1. The number of hydrogen-bond acceptors (Lipinski definition) is 4. The lowest BCUT2D eigenvalue weighted by molar-refractivity contribution is -0.0794. The lowest BCUT2D eigenvalue weighted by atomic mass is 9.89. The standard InChI is InChI=1S/C25H26FNO3S/c1-17(28)16-25(23-4-3-15-31-23)13-14-27(24(29)30-25)18(2)19-5-7-20(8-6-19)21-9-11-22(26)12-10-21/h3-12,15,17-18,28H,13-14,16H2,1-2H3. The molecule has 0 bridgehead atoms. The highest BCUT2D eigenvalue weighted by Crippen LogP contribution is 2.42. The first-order valence-electron chi connectivity index (χ1n) is 10.5. The van der Waals surface area contributed by atoms with E-state index < -0.39 is 11.7 Å². The topological polar surface area (TPSA) is 49.8 Å². The maximum Gasteiger partial charge on any atom is 0.411 e. The molecule has 1 saturated heterocycles. The van der Waals surface area contributed by atoms with Crippen LogP contribution in [-0.2, 0) is 10.3 Å². The van der Waals surface area contributed by atoms with Crippen LogP contribution in [0.15, 0.2) is 66.0 Å². The van der Waals surface area contributed by atoms with E-state index in [1.165, 1.54) is 12.1 Å². The van der Waals surface area contributed by atoms with E-state index in [1.54, 1.807) is 35.3 Å². The Balaban J connectivity index is 1.50. The zero-order chi connectivity index (χ0) is 22.0. The van der Waals surface area contributed by atoms with Crippen molar-refractivity contribution in [3.05, 3.63) is 82.3 Å². The van der Waals surface area contributed by atoms with E-state index >= 15 is 0 Å². The molecular formula is C25H26FNO3S. The molecule has 6 heteroatoms. The third-order valence-electron chi connectivity index (χ3n) is 5.91. The Morgan fingerprint density at radius 1 is 1.10 bits per heavy atom. The summed E-state index contributed by atoms with van der Waals surface area (Å²) in [6.45, 7) is 4.26. The maximum absolute atomic E-state index is 13.2. The third kappa shape index (κ3) is 4.50. The molecule has 0 radical (unpaired) electrons. The summed E-state index contributed by atoms with van der Waals surface area (Å²) in [5.41, 5.74) is 2.16. The molecule has 1 amide bonds. The number of carbonyl (C=O) groups is 1. The van der Waals surface area contributed by atoms with Crippen LogP contribution in [0, 0.1) is 5.82 Å². The lowest BCUT2D eigenvalue weighted by Gasteiger charge is -2.43. The van der Waals surface area contributed by atoms with Crippen molar-refractivity contribution in [2.24, 2.45) is 0 Å². The van der Waals surface area contributed by atoms with Gasteiger partial charge >= 0.3 is 6.09 Å². The zero-order valence-corrected chi connectivity index (χ0v) is 18.4. The van der Waals surface area contributed by atoms with E-state index in [2.05, 4.69) is 0 Å². The number of ether oxygens (including phenoxy) is 1. The maximum atomic E-state index is 13.2. The first kappa shape index (κ1) is 21.5. The SMILES string of the molecule is CC(O)CC1(c2cccs2)CCN(C(C)c2ccc(-c3ccc(F)cc3)cc2)C(=O)O1. The molecule has 3 aromatic rings. The Morgan fingerprint density at radius 3 is 2.29 bits per heavy atom. The summed E-state index contributed by atoms with van der Waals surface area (Å²) in [4.78, 5) is 15.7. The second kappa shape index (κ2) is 8.81. The second-order valence-corrected chi connectivity index (χ2v) is 9.09. The van der Waals surface area contributed by atoms with Crippen LogP contribution < -0.4 is 0 Å². The van der Waals surface area contributed by atoms with Gasteiger partial charge in [0, 0.05) is 24.3 Å². The molecule has 0 saturated carbocycles. The van der Waals surface area contributed by atoms with Gasteiger partial charge in [0.15, 0.2) is 5.60 Å². The number of aliphatic hydroxyl groups is 1. The highest BCUT2D eigenvalue weighted by atomic mass is 32.1. The van der Waals surface area contributed by atoms with Crippen molar-refractivity contribution in [1.82, 2.24) is 4.90 Å². The molecule has 3 atom stereocenters. The summed E-state index contributed by atoms with van der Waals surface area (Å²) in [5.74, 6) is -0.258. The predicted octanol–water partition coefficient (Wildman–Crippen LogP) is 6.12. The summed E-state index contributed by atoms with van der Waals surface area (Å²) in [7, 11) is 0. The molecule has 1 aliphatic heterocycles. The average molecular weight is 440 g/mol.